The molecule has 0 saturated carbocycles. The van der Waals surface area contributed by atoms with E-state index in [1.54, 1.807) is 6.92 Å². The Morgan fingerprint density at radius 1 is 1.26 bits per heavy atom. The van der Waals surface area contributed by atoms with Crippen molar-refractivity contribution in [2.24, 2.45) is 0 Å². The summed E-state index contributed by atoms with van der Waals surface area (Å²) in [6.07, 6.45) is -2.68. The first-order chi connectivity index (χ1) is 8.80. The zero-order valence-corrected chi connectivity index (χ0v) is 11.5. The Bertz CT molecular complexity index is 260. The number of aliphatic carboxylic acids is 1. The van der Waals surface area contributed by atoms with Gasteiger partial charge in [0.05, 0.1) is 6.54 Å². The van der Waals surface area contributed by atoms with Crippen LogP contribution in [0.1, 0.15) is 33.1 Å². The van der Waals surface area contributed by atoms with E-state index in [1.807, 2.05) is 6.92 Å². The van der Waals surface area contributed by atoms with Gasteiger partial charge in [0.2, 0.25) is 0 Å². The fourth-order valence-electron chi connectivity index (χ4n) is 1.78. The van der Waals surface area contributed by atoms with Gasteiger partial charge in [-0.2, -0.15) is 13.2 Å². The third kappa shape index (κ3) is 9.72. The highest BCUT2D eigenvalue weighted by molar-refractivity contribution is 5.73. The molecule has 0 aliphatic rings. The van der Waals surface area contributed by atoms with Crippen LogP contribution in [0.3, 0.4) is 0 Å². The van der Waals surface area contributed by atoms with Crippen molar-refractivity contribution in [3.63, 3.8) is 0 Å². The largest absolute Gasteiger partial charge is 0.480 e. The van der Waals surface area contributed by atoms with Crippen molar-refractivity contribution in [2.45, 2.75) is 45.3 Å². The Balaban J connectivity index is 4.29. The molecule has 2 N–H and O–H groups in total. The second-order valence-corrected chi connectivity index (χ2v) is 4.52. The van der Waals surface area contributed by atoms with E-state index in [-0.39, 0.29) is 13.0 Å². The van der Waals surface area contributed by atoms with Crippen LogP contribution in [0, 0.1) is 0 Å². The number of hydrogen-bond acceptors (Lipinski definition) is 3. The molecule has 0 aromatic heterocycles. The molecule has 7 heteroatoms. The number of nitrogens with zero attached hydrogens (tertiary/aromatic N) is 1. The molecule has 114 valence electrons. The van der Waals surface area contributed by atoms with Gasteiger partial charge in [0.1, 0.15) is 6.04 Å². The molecule has 0 rings (SSSR count). The summed E-state index contributed by atoms with van der Waals surface area (Å²) < 4.78 is 37.0. The van der Waals surface area contributed by atoms with E-state index >= 15 is 0 Å². The number of alkyl halides is 3. The summed E-state index contributed by atoms with van der Waals surface area (Å²) in [5.41, 5.74) is 0. The summed E-state index contributed by atoms with van der Waals surface area (Å²) in [6, 6.07) is -0.785. The van der Waals surface area contributed by atoms with Crippen LogP contribution < -0.4 is 5.32 Å². The van der Waals surface area contributed by atoms with E-state index in [0.717, 1.165) is 6.42 Å². The molecular formula is C12H23F3N2O2. The van der Waals surface area contributed by atoms with Gasteiger partial charge in [-0.1, -0.05) is 13.8 Å². The Labute approximate surface area is 112 Å². The minimum atomic E-state index is -4.25. The lowest BCUT2D eigenvalue weighted by atomic mass is 10.2. The highest BCUT2D eigenvalue weighted by Gasteiger charge is 2.30. The van der Waals surface area contributed by atoms with Crippen LogP contribution in [-0.4, -0.2) is 54.4 Å². The van der Waals surface area contributed by atoms with Gasteiger partial charge in [0, 0.05) is 6.54 Å². The first kappa shape index (κ1) is 18.2. The predicted molar refractivity (Wildman–Crippen MR) is 67.1 cm³/mol. The van der Waals surface area contributed by atoms with Crippen molar-refractivity contribution in [1.82, 2.24) is 10.2 Å². The topological polar surface area (TPSA) is 52.6 Å². The van der Waals surface area contributed by atoms with Crippen molar-refractivity contribution in [1.29, 1.82) is 0 Å². The van der Waals surface area contributed by atoms with Crippen molar-refractivity contribution in [3.8, 4) is 0 Å². The zero-order chi connectivity index (χ0) is 14.9. The maximum Gasteiger partial charge on any atom is 0.401 e. The minimum Gasteiger partial charge on any atom is -0.480 e. The molecule has 0 aromatic carbocycles. The summed E-state index contributed by atoms with van der Waals surface area (Å²) in [4.78, 5) is 12.2. The lowest BCUT2D eigenvalue weighted by Gasteiger charge is -2.24. The van der Waals surface area contributed by atoms with E-state index in [4.69, 9.17) is 5.11 Å². The van der Waals surface area contributed by atoms with Crippen LogP contribution in [0.25, 0.3) is 0 Å². The molecular weight excluding hydrogens is 261 g/mol. The highest BCUT2D eigenvalue weighted by atomic mass is 19.4. The standard InChI is InChI=1S/C12H23F3N2O2/c1-3-6-16-10(11(18)19)5-8-17(7-4-2)9-12(13,14)15/h10,16H,3-9H2,1-2H3,(H,18,19). The van der Waals surface area contributed by atoms with Crippen molar-refractivity contribution >= 4 is 5.97 Å². The van der Waals surface area contributed by atoms with E-state index < -0.39 is 24.7 Å². The fourth-order valence-corrected chi connectivity index (χ4v) is 1.78. The quantitative estimate of drug-likeness (QED) is 0.645. The zero-order valence-electron chi connectivity index (χ0n) is 11.5. The van der Waals surface area contributed by atoms with Gasteiger partial charge in [-0.05, 0) is 32.4 Å². The number of halogens is 3. The third-order valence-electron chi connectivity index (χ3n) is 2.62. The van der Waals surface area contributed by atoms with Crippen LogP contribution >= 0.6 is 0 Å². The Hall–Kier alpha value is -0.820. The molecule has 4 nitrogen and oxygen atoms in total. The average Bonchev–Trinajstić information content (AvgIpc) is 2.26. The monoisotopic (exact) mass is 284 g/mol. The van der Waals surface area contributed by atoms with E-state index in [2.05, 4.69) is 5.32 Å². The maximum absolute atomic E-state index is 12.3. The van der Waals surface area contributed by atoms with Crippen LogP contribution in [0.15, 0.2) is 0 Å². The first-order valence-electron chi connectivity index (χ1n) is 6.55. The fraction of sp³-hybridized carbons (Fsp3) is 0.917. The average molecular weight is 284 g/mol. The number of nitrogens with one attached hydrogen (secondary N) is 1. The van der Waals surface area contributed by atoms with Crippen LogP contribution in [0.2, 0.25) is 0 Å². The number of rotatable bonds is 10. The summed E-state index contributed by atoms with van der Waals surface area (Å²) in [7, 11) is 0. The normalized spacial score (nSPS) is 13.8. The number of hydrogen-bond donors (Lipinski definition) is 2. The molecule has 0 radical (unpaired) electrons. The smallest absolute Gasteiger partial charge is 0.401 e. The number of carboxylic acids is 1. The number of carboxylic acid groups (broad SMARTS) is 1. The van der Waals surface area contributed by atoms with Gasteiger partial charge in [0.25, 0.3) is 0 Å². The Kier molecular flexibility index (Phi) is 8.75. The lowest BCUT2D eigenvalue weighted by Crippen LogP contribution is -2.42. The first-order valence-corrected chi connectivity index (χ1v) is 6.55. The molecule has 0 fully saturated rings. The predicted octanol–water partition coefficient (Wildman–Crippen LogP) is 2.10. The van der Waals surface area contributed by atoms with Crippen LogP contribution in [0.5, 0.6) is 0 Å². The molecule has 1 atom stereocenters. The second-order valence-electron chi connectivity index (χ2n) is 4.52. The lowest BCUT2D eigenvalue weighted by molar-refractivity contribution is -0.146. The van der Waals surface area contributed by atoms with Crippen molar-refractivity contribution in [3.05, 3.63) is 0 Å². The second kappa shape index (κ2) is 9.14. The maximum atomic E-state index is 12.3. The van der Waals surface area contributed by atoms with Gasteiger partial charge in [-0.25, -0.2) is 0 Å². The SMILES string of the molecule is CCCNC(CCN(CCC)CC(F)(F)F)C(=O)O. The van der Waals surface area contributed by atoms with Crippen LogP contribution in [0.4, 0.5) is 13.2 Å². The molecule has 0 saturated heterocycles. The molecule has 0 bridgehead atoms. The summed E-state index contributed by atoms with van der Waals surface area (Å²) in [5.74, 6) is -1.02. The molecule has 0 aliphatic carbocycles. The molecule has 0 aliphatic heterocycles. The summed E-state index contributed by atoms with van der Waals surface area (Å²) >= 11 is 0. The molecule has 0 spiro atoms. The van der Waals surface area contributed by atoms with Gasteiger partial charge in [0.15, 0.2) is 0 Å². The van der Waals surface area contributed by atoms with Gasteiger partial charge in [-0.3, -0.25) is 9.69 Å². The van der Waals surface area contributed by atoms with Gasteiger partial charge in [-0.15, -0.1) is 0 Å². The Morgan fingerprint density at radius 3 is 2.32 bits per heavy atom. The van der Waals surface area contributed by atoms with Crippen molar-refractivity contribution < 1.29 is 23.1 Å². The summed E-state index contributed by atoms with van der Waals surface area (Å²) in [5, 5.41) is 11.8. The summed E-state index contributed by atoms with van der Waals surface area (Å²) in [6.45, 7) is 3.71. The molecule has 0 heterocycles. The van der Waals surface area contributed by atoms with Crippen LogP contribution in [-0.2, 0) is 4.79 Å². The van der Waals surface area contributed by atoms with E-state index in [1.165, 1.54) is 4.90 Å². The molecule has 19 heavy (non-hydrogen) atoms. The minimum absolute atomic E-state index is 0.126. The van der Waals surface area contributed by atoms with Gasteiger partial charge < -0.3 is 10.4 Å². The molecule has 1 unspecified atom stereocenters. The van der Waals surface area contributed by atoms with Crippen molar-refractivity contribution in [2.75, 3.05) is 26.2 Å². The Morgan fingerprint density at radius 2 is 1.89 bits per heavy atom. The number of carbonyl (C=O) groups is 1. The molecule has 0 amide bonds. The highest BCUT2D eigenvalue weighted by Crippen LogP contribution is 2.17. The van der Waals surface area contributed by atoms with E-state index in [9.17, 15) is 18.0 Å². The van der Waals surface area contributed by atoms with E-state index in [0.29, 0.717) is 19.5 Å². The third-order valence-corrected chi connectivity index (χ3v) is 2.62. The van der Waals surface area contributed by atoms with Gasteiger partial charge >= 0.3 is 12.1 Å². The molecule has 0 aromatic rings.